The summed E-state index contributed by atoms with van der Waals surface area (Å²) in [5.41, 5.74) is 0.880. The van der Waals surface area contributed by atoms with Crippen LogP contribution in [-0.2, 0) is 20.9 Å². The molecular weight excluding hydrogens is 250 g/mol. The maximum atomic E-state index is 11.2. The highest BCUT2D eigenvalue weighted by Gasteiger charge is 2.25. The van der Waals surface area contributed by atoms with Crippen LogP contribution in [0.2, 0.25) is 0 Å². The molecule has 0 spiro atoms. The van der Waals surface area contributed by atoms with Crippen molar-refractivity contribution in [3.63, 3.8) is 0 Å². The van der Waals surface area contributed by atoms with Crippen LogP contribution in [0, 0.1) is 0 Å². The molecule has 6 heteroatoms. The van der Waals surface area contributed by atoms with Gasteiger partial charge in [0, 0.05) is 18.2 Å². The molecule has 6 nitrogen and oxygen atoms in total. The fourth-order valence-electron chi connectivity index (χ4n) is 1.95. The molecule has 2 rings (SSSR count). The zero-order chi connectivity index (χ0) is 13.8. The SMILES string of the molecule is COc1ccc(CN2CC(=O)OC(=O)C2)c(OC)c1. The number of benzene rings is 1. The van der Waals surface area contributed by atoms with E-state index in [1.54, 1.807) is 25.2 Å². The van der Waals surface area contributed by atoms with Crippen LogP contribution >= 0.6 is 0 Å². The number of hydrogen-bond donors (Lipinski definition) is 0. The molecule has 1 saturated heterocycles. The number of esters is 2. The first-order valence-corrected chi connectivity index (χ1v) is 5.79. The van der Waals surface area contributed by atoms with Crippen LogP contribution in [-0.4, -0.2) is 44.1 Å². The van der Waals surface area contributed by atoms with Gasteiger partial charge in [-0.15, -0.1) is 0 Å². The predicted octanol–water partition coefficient (Wildman–Crippen LogP) is 0.589. The minimum Gasteiger partial charge on any atom is -0.497 e. The Balaban J connectivity index is 2.14. The maximum absolute atomic E-state index is 11.2. The molecule has 19 heavy (non-hydrogen) atoms. The summed E-state index contributed by atoms with van der Waals surface area (Å²) in [5.74, 6) is 0.299. The van der Waals surface area contributed by atoms with Crippen molar-refractivity contribution in [1.82, 2.24) is 4.90 Å². The fraction of sp³-hybridized carbons (Fsp3) is 0.385. The monoisotopic (exact) mass is 265 g/mol. The van der Waals surface area contributed by atoms with Crippen molar-refractivity contribution in [3.8, 4) is 11.5 Å². The number of cyclic esters (lactones) is 2. The molecule has 1 aromatic rings. The lowest BCUT2D eigenvalue weighted by Gasteiger charge is -2.24. The van der Waals surface area contributed by atoms with E-state index in [2.05, 4.69) is 4.74 Å². The average Bonchev–Trinajstić information content (AvgIpc) is 2.38. The first kappa shape index (κ1) is 13.4. The van der Waals surface area contributed by atoms with Crippen molar-refractivity contribution in [1.29, 1.82) is 0 Å². The van der Waals surface area contributed by atoms with E-state index in [0.717, 1.165) is 5.56 Å². The van der Waals surface area contributed by atoms with Crippen LogP contribution in [0.4, 0.5) is 0 Å². The zero-order valence-corrected chi connectivity index (χ0v) is 10.8. The number of hydrogen-bond acceptors (Lipinski definition) is 6. The van der Waals surface area contributed by atoms with Gasteiger partial charge in [0.05, 0.1) is 27.3 Å². The van der Waals surface area contributed by atoms with E-state index in [0.29, 0.717) is 18.0 Å². The highest BCUT2D eigenvalue weighted by molar-refractivity contribution is 5.90. The van der Waals surface area contributed by atoms with E-state index in [-0.39, 0.29) is 13.1 Å². The third-order valence-electron chi connectivity index (χ3n) is 2.82. The van der Waals surface area contributed by atoms with E-state index in [9.17, 15) is 9.59 Å². The van der Waals surface area contributed by atoms with E-state index in [1.165, 1.54) is 0 Å². The van der Waals surface area contributed by atoms with E-state index in [1.807, 2.05) is 12.1 Å². The van der Waals surface area contributed by atoms with E-state index in [4.69, 9.17) is 9.47 Å². The van der Waals surface area contributed by atoms with Gasteiger partial charge in [-0.3, -0.25) is 14.5 Å². The second kappa shape index (κ2) is 5.71. The van der Waals surface area contributed by atoms with Crippen LogP contribution in [0.1, 0.15) is 5.56 Å². The lowest BCUT2D eigenvalue weighted by atomic mass is 10.1. The van der Waals surface area contributed by atoms with Gasteiger partial charge in [-0.1, -0.05) is 6.07 Å². The number of carbonyl (C=O) groups is 2. The minimum atomic E-state index is -0.524. The van der Waals surface area contributed by atoms with Crippen LogP contribution < -0.4 is 9.47 Å². The standard InChI is InChI=1S/C13H15NO5/c1-17-10-4-3-9(11(5-10)18-2)6-14-7-12(15)19-13(16)8-14/h3-5H,6-8H2,1-2H3. The molecule has 0 N–H and O–H groups in total. The fourth-order valence-corrected chi connectivity index (χ4v) is 1.95. The highest BCUT2D eigenvalue weighted by Crippen LogP contribution is 2.26. The second-order valence-corrected chi connectivity index (χ2v) is 4.17. The van der Waals surface area contributed by atoms with Gasteiger partial charge >= 0.3 is 11.9 Å². The molecule has 0 radical (unpaired) electrons. The van der Waals surface area contributed by atoms with Gasteiger partial charge in [-0.2, -0.15) is 0 Å². The lowest BCUT2D eigenvalue weighted by molar-refractivity contribution is -0.167. The number of morpholine rings is 1. The number of methoxy groups -OCH3 is 2. The molecule has 0 atom stereocenters. The van der Waals surface area contributed by atoms with Crippen LogP contribution in [0.3, 0.4) is 0 Å². The minimum absolute atomic E-state index is 0.0981. The largest absolute Gasteiger partial charge is 0.497 e. The summed E-state index contributed by atoms with van der Waals surface area (Å²) >= 11 is 0. The number of rotatable bonds is 4. The number of nitrogens with zero attached hydrogens (tertiary/aromatic N) is 1. The smallest absolute Gasteiger partial charge is 0.327 e. The van der Waals surface area contributed by atoms with Gasteiger partial charge < -0.3 is 14.2 Å². The molecule has 102 valence electrons. The summed E-state index contributed by atoms with van der Waals surface area (Å²) in [7, 11) is 3.14. The molecule has 0 unspecified atom stereocenters. The lowest BCUT2D eigenvalue weighted by Crippen LogP contribution is -2.42. The van der Waals surface area contributed by atoms with Crippen molar-refractivity contribution < 1.29 is 23.8 Å². The molecular formula is C13H15NO5. The first-order chi connectivity index (χ1) is 9.12. The topological polar surface area (TPSA) is 65.1 Å². The van der Waals surface area contributed by atoms with Gasteiger partial charge in [-0.25, -0.2) is 0 Å². The first-order valence-electron chi connectivity index (χ1n) is 5.79. The molecule has 1 heterocycles. The Morgan fingerprint density at radius 2 is 1.84 bits per heavy atom. The molecule has 1 fully saturated rings. The molecule has 1 aliphatic heterocycles. The molecule has 0 amide bonds. The Kier molecular flexibility index (Phi) is 4.01. The maximum Gasteiger partial charge on any atom is 0.327 e. The van der Waals surface area contributed by atoms with Crippen LogP contribution in [0.5, 0.6) is 11.5 Å². The highest BCUT2D eigenvalue weighted by atomic mass is 16.6. The van der Waals surface area contributed by atoms with Crippen LogP contribution in [0.15, 0.2) is 18.2 Å². The normalized spacial score (nSPS) is 16.1. The average molecular weight is 265 g/mol. The molecule has 0 saturated carbocycles. The summed E-state index contributed by atoms with van der Waals surface area (Å²) in [6.45, 7) is 0.635. The van der Waals surface area contributed by atoms with Crippen molar-refractivity contribution in [3.05, 3.63) is 23.8 Å². The van der Waals surface area contributed by atoms with Crippen molar-refractivity contribution in [2.45, 2.75) is 6.54 Å². The summed E-state index contributed by atoms with van der Waals surface area (Å²) < 4.78 is 14.9. The molecule has 0 aromatic heterocycles. The Morgan fingerprint density at radius 3 is 2.42 bits per heavy atom. The Morgan fingerprint density at radius 1 is 1.16 bits per heavy atom. The quantitative estimate of drug-likeness (QED) is 0.586. The second-order valence-electron chi connectivity index (χ2n) is 4.17. The molecule has 1 aromatic carbocycles. The van der Waals surface area contributed by atoms with Gasteiger partial charge in [0.15, 0.2) is 0 Å². The van der Waals surface area contributed by atoms with E-state index >= 15 is 0 Å². The number of ether oxygens (including phenoxy) is 3. The Bertz CT molecular complexity index is 484. The molecule has 0 aliphatic carbocycles. The third-order valence-corrected chi connectivity index (χ3v) is 2.82. The van der Waals surface area contributed by atoms with Gasteiger partial charge in [-0.05, 0) is 6.07 Å². The zero-order valence-electron chi connectivity index (χ0n) is 10.8. The van der Waals surface area contributed by atoms with Crippen LogP contribution in [0.25, 0.3) is 0 Å². The molecule has 1 aliphatic rings. The van der Waals surface area contributed by atoms with Crippen molar-refractivity contribution in [2.24, 2.45) is 0 Å². The Labute approximate surface area is 110 Å². The molecule has 0 bridgehead atoms. The Hall–Kier alpha value is -2.08. The van der Waals surface area contributed by atoms with Gasteiger partial charge in [0.25, 0.3) is 0 Å². The summed E-state index contributed by atoms with van der Waals surface area (Å²) in [6.07, 6.45) is 0. The third kappa shape index (κ3) is 3.23. The van der Waals surface area contributed by atoms with Gasteiger partial charge in [0.2, 0.25) is 0 Å². The summed E-state index contributed by atoms with van der Waals surface area (Å²) in [5, 5.41) is 0. The van der Waals surface area contributed by atoms with E-state index < -0.39 is 11.9 Å². The van der Waals surface area contributed by atoms with Gasteiger partial charge in [0.1, 0.15) is 11.5 Å². The number of carbonyl (C=O) groups excluding carboxylic acids is 2. The van der Waals surface area contributed by atoms with Crippen molar-refractivity contribution in [2.75, 3.05) is 27.3 Å². The van der Waals surface area contributed by atoms with Crippen molar-refractivity contribution >= 4 is 11.9 Å². The summed E-state index contributed by atoms with van der Waals surface area (Å²) in [4.78, 5) is 24.1. The predicted molar refractivity (Wildman–Crippen MR) is 65.9 cm³/mol. The summed E-state index contributed by atoms with van der Waals surface area (Å²) in [6, 6.07) is 5.42.